The average Bonchev–Trinajstić information content (AvgIpc) is 2.21. The van der Waals surface area contributed by atoms with Crippen LogP contribution < -0.4 is 5.32 Å². The van der Waals surface area contributed by atoms with Crippen LogP contribution in [-0.2, 0) is 11.2 Å². The van der Waals surface area contributed by atoms with Gasteiger partial charge in [0, 0.05) is 17.4 Å². The van der Waals surface area contributed by atoms with Crippen LogP contribution in [0.2, 0.25) is 0 Å². The van der Waals surface area contributed by atoms with Crippen LogP contribution in [0, 0.1) is 0 Å². The van der Waals surface area contributed by atoms with Crippen molar-refractivity contribution in [3.8, 4) is 0 Å². The molecule has 0 heterocycles. The van der Waals surface area contributed by atoms with Crippen molar-refractivity contribution >= 4 is 34.5 Å². The van der Waals surface area contributed by atoms with Gasteiger partial charge in [-0.05, 0) is 23.8 Å². The molecule has 0 fully saturated rings. The molecular formula is C11H14BrNOS. The lowest BCUT2D eigenvalue weighted by Crippen LogP contribution is -2.25. The number of amides is 1. The fourth-order valence-corrected chi connectivity index (χ4v) is 1.91. The molecule has 4 heteroatoms. The molecule has 0 radical (unpaired) electrons. The SMILES string of the molecule is O=C(CCS)NCCc1ccccc1Br. The fraction of sp³-hybridized carbons (Fsp3) is 0.364. The maximum absolute atomic E-state index is 11.1. The first kappa shape index (κ1) is 12.6. The van der Waals surface area contributed by atoms with Gasteiger partial charge in [0.05, 0.1) is 0 Å². The molecule has 1 amide bonds. The summed E-state index contributed by atoms with van der Waals surface area (Å²) in [5.74, 6) is 0.665. The summed E-state index contributed by atoms with van der Waals surface area (Å²) < 4.78 is 1.09. The van der Waals surface area contributed by atoms with Gasteiger partial charge in [-0.2, -0.15) is 12.6 Å². The third kappa shape index (κ3) is 4.71. The second-order valence-electron chi connectivity index (χ2n) is 3.16. The zero-order valence-electron chi connectivity index (χ0n) is 8.37. The summed E-state index contributed by atoms with van der Waals surface area (Å²) in [6.45, 7) is 0.676. The lowest BCUT2D eigenvalue weighted by Gasteiger charge is -2.05. The Balaban J connectivity index is 2.32. The highest BCUT2D eigenvalue weighted by Crippen LogP contribution is 2.15. The molecule has 1 N–H and O–H groups in total. The molecule has 0 saturated heterocycles. The van der Waals surface area contributed by atoms with E-state index in [1.807, 2.05) is 18.2 Å². The van der Waals surface area contributed by atoms with Gasteiger partial charge in [-0.1, -0.05) is 34.1 Å². The number of benzene rings is 1. The zero-order chi connectivity index (χ0) is 11.1. The molecule has 0 unspecified atom stereocenters. The summed E-state index contributed by atoms with van der Waals surface area (Å²) in [4.78, 5) is 11.1. The topological polar surface area (TPSA) is 29.1 Å². The number of rotatable bonds is 5. The zero-order valence-corrected chi connectivity index (χ0v) is 10.9. The van der Waals surface area contributed by atoms with E-state index in [1.54, 1.807) is 0 Å². The van der Waals surface area contributed by atoms with Crippen molar-refractivity contribution in [1.82, 2.24) is 5.32 Å². The Morgan fingerprint density at radius 2 is 2.13 bits per heavy atom. The molecule has 0 aliphatic carbocycles. The molecule has 15 heavy (non-hydrogen) atoms. The van der Waals surface area contributed by atoms with Crippen LogP contribution in [-0.4, -0.2) is 18.2 Å². The summed E-state index contributed by atoms with van der Waals surface area (Å²) in [5.41, 5.74) is 1.21. The highest BCUT2D eigenvalue weighted by atomic mass is 79.9. The molecule has 1 aromatic rings. The highest BCUT2D eigenvalue weighted by molar-refractivity contribution is 9.10. The smallest absolute Gasteiger partial charge is 0.220 e. The first-order valence-corrected chi connectivity index (χ1v) is 6.27. The fourth-order valence-electron chi connectivity index (χ4n) is 1.23. The van der Waals surface area contributed by atoms with E-state index >= 15 is 0 Å². The minimum absolute atomic E-state index is 0.0667. The molecule has 1 aromatic carbocycles. The monoisotopic (exact) mass is 287 g/mol. The second kappa shape index (κ2) is 6.90. The van der Waals surface area contributed by atoms with Crippen molar-refractivity contribution in [3.63, 3.8) is 0 Å². The third-order valence-electron chi connectivity index (χ3n) is 2.01. The van der Waals surface area contributed by atoms with E-state index in [9.17, 15) is 4.79 Å². The van der Waals surface area contributed by atoms with Crippen molar-refractivity contribution in [2.45, 2.75) is 12.8 Å². The van der Waals surface area contributed by atoms with Crippen LogP contribution >= 0.6 is 28.6 Å². The van der Waals surface area contributed by atoms with E-state index in [4.69, 9.17) is 0 Å². The summed E-state index contributed by atoms with van der Waals surface area (Å²) in [6.07, 6.45) is 1.33. The van der Waals surface area contributed by atoms with Crippen molar-refractivity contribution in [3.05, 3.63) is 34.3 Å². The van der Waals surface area contributed by atoms with Crippen LogP contribution in [0.3, 0.4) is 0 Å². The van der Waals surface area contributed by atoms with Crippen molar-refractivity contribution in [2.24, 2.45) is 0 Å². The second-order valence-corrected chi connectivity index (χ2v) is 4.47. The molecule has 0 bridgehead atoms. The molecule has 0 aromatic heterocycles. The molecule has 0 aliphatic rings. The number of hydrogen-bond acceptors (Lipinski definition) is 2. The number of nitrogens with one attached hydrogen (secondary N) is 1. The van der Waals surface area contributed by atoms with Crippen LogP contribution in [0.5, 0.6) is 0 Å². The molecule has 1 rings (SSSR count). The number of hydrogen-bond donors (Lipinski definition) is 2. The van der Waals surface area contributed by atoms with Gasteiger partial charge in [-0.15, -0.1) is 0 Å². The van der Waals surface area contributed by atoms with Gasteiger partial charge < -0.3 is 5.32 Å². The number of thiol groups is 1. The van der Waals surface area contributed by atoms with Gasteiger partial charge in [0.25, 0.3) is 0 Å². The lowest BCUT2D eigenvalue weighted by molar-refractivity contribution is -0.120. The van der Waals surface area contributed by atoms with E-state index in [0.29, 0.717) is 18.7 Å². The van der Waals surface area contributed by atoms with E-state index in [-0.39, 0.29) is 5.91 Å². The molecular weight excluding hydrogens is 274 g/mol. The normalized spacial score (nSPS) is 10.0. The predicted octanol–water partition coefficient (Wildman–Crippen LogP) is 2.43. The minimum atomic E-state index is 0.0667. The Morgan fingerprint density at radius 1 is 1.40 bits per heavy atom. The first-order chi connectivity index (χ1) is 7.24. The van der Waals surface area contributed by atoms with Crippen LogP contribution in [0.1, 0.15) is 12.0 Å². The van der Waals surface area contributed by atoms with Gasteiger partial charge >= 0.3 is 0 Å². The third-order valence-corrected chi connectivity index (χ3v) is 3.01. The molecule has 0 atom stereocenters. The summed E-state index contributed by atoms with van der Waals surface area (Å²) >= 11 is 7.47. The Morgan fingerprint density at radius 3 is 2.80 bits per heavy atom. The van der Waals surface area contributed by atoms with E-state index in [2.05, 4.69) is 39.9 Å². The molecule has 0 aliphatic heterocycles. The van der Waals surface area contributed by atoms with Crippen LogP contribution in [0.15, 0.2) is 28.7 Å². The van der Waals surface area contributed by atoms with Gasteiger partial charge in [0.2, 0.25) is 5.91 Å². The predicted molar refractivity (Wildman–Crippen MR) is 69.3 cm³/mol. The largest absolute Gasteiger partial charge is 0.356 e. The quantitative estimate of drug-likeness (QED) is 0.801. The minimum Gasteiger partial charge on any atom is -0.356 e. The number of carbonyl (C=O) groups is 1. The van der Waals surface area contributed by atoms with E-state index in [1.165, 1.54) is 5.56 Å². The van der Waals surface area contributed by atoms with Crippen molar-refractivity contribution < 1.29 is 4.79 Å². The van der Waals surface area contributed by atoms with Crippen molar-refractivity contribution in [2.75, 3.05) is 12.3 Å². The lowest BCUT2D eigenvalue weighted by atomic mass is 10.1. The molecule has 0 saturated carbocycles. The average molecular weight is 288 g/mol. The first-order valence-electron chi connectivity index (χ1n) is 4.85. The molecule has 2 nitrogen and oxygen atoms in total. The standard InChI is InChI=1S/C11H14BrNOS/c12-10-4-2-1-3-9(10)5-7-13-11(14)6-8-15/h1-4,15H,5-8H2,(H,13,14). The number of halogens is 1. The van der Waals surface area contributed by atoms with Crippen LogP contribution in [0.25, 0.3) is 0 Å². The Bertz CT molecular complexity index is 330. The highest BCUT2D eigenvalue weighted by Gasteiger charge is 2.00. The Labute approximate surface area is 104 Å². The summed E-state index contributed by atoms with van der Waals surface area (Å²) in [7, 11) is 0. The molecule has 82 valence electrons. The Kier molecular flexibility index (Phi) is 5.79. The maximum atomic E-state index is 11.1. The number of carbonyl (C=O) groups excluding carboxylic acids is 1. The van der Waals surface area contributed by atoms with Gasteiger partial charge in [-0.3, -0.25) is 4.79 Å². The van der Waals surface area contributed by atoms with Gasteiger partial charge in [0.1, 0.15) is 0 Å². The van der Waals surface area contributed by atoms with Crippen molar-refractivity contribution in [1.29, 1.82) is 0 Å². The maximum Gasteiger partial charge on any atom is 0.220 e. The van der Waals surface area contributed by atoms with Gasteiger partial charge in [-0.25, -0.2) is 0 Å². The molecule has 0 spiro atoms. The summed E-state index contributed by atoms with van der Waals surface area (Å²) in [6, 6.07) is 8.03. The Hall–Kier alpha value is -0.480. The van der Waals surface area contributed by atoms with E-state index in [0.717, 1.165) is 10.9 Å². The van der Waals surface area contributed by atoms with Gasteiger partial charge in [0.15, 0.2) is 0 Å². The van der Waals surface area contributed by atoms with Crippen LogP contribution in [0.4, 0.5) is 0 Å². The van der Waals surface area contributed by atoms with E-state index < -0.39 is 0 Å². The summed E-state index contributed by atoms with van der Waals surface area (Å²) in [5, 5.41) is 2.85.